The second kappa shape index (κ2) is 9.78. The molecule has 1 saturated heterocycles. The summed E-state index contributed by atoms with van der Waals surface area (Å²) in [5.41, 5.74) is 0.229. The normalized spacial score (nSPS) is 16.4. The van der Waals surface area contributed by atoms with Crippen molar-refractivity contribution in [3.05, 3.63) is 76.8 Å². The molecule has 40 heavy (non-hydrogen) atoms. The number of carbonyl (C=O) groups excluding carboxylic acids is 1. The van der Waals surface area contributed by atoms with Gasteiger partial charge in [-0.15, -0.1) is 0 Å². The molecule has 0 radical (unpaired) electrons. The molecular formula is C28H25F2N7O3. The van der Waals surface area contributed by atoms with Crippen LogP contribution in [0.4, 0.5) is 14.6 Å². The van der Waals surface area contributed by atoms with Gasteiger partial charge in [-0.25, -0.2) is 33.1 Å². The van der Waals surface area contributed by atoms with Gasteiger partial charge in [-0.3, -0.25) is 4.79 Å². The van der Waals surface area contributed by atoms with Crippen molar-refractivity contribution in [1.29, 1.82) is 0 Å². The molecule has 12 heteroatoms. The molecule has 1 fully saturated rings. The first-order valence-corrected chi connectivity index (χ1v) is 12.9. The molecule has 204 valence electrons. The van der Waals surface area contributed by atoms with Gasteiger partial charge in [0.15, 0.2) is 11.5 Å². The second-order valence-corrected chi connectivity index (χ2v) is 9.65. The lowest BCUT2D eigenvalue weighted by molar-refractivity contribution is -0.126. The number of aromatic nitrogens is 5. The van der Waals surface area contributed by atoms with Crippen LogP contribution in [0.25, 0.3) is 28.0 Å². The summed E-state index contributed by atoms with van der Waals surface area (Å²) in [5, 5.41) is 0.257. The minimum atomic E-state index is -0.801. The number of ether oxygens (including phenoxy) is 1. The van der Waals surface area contributed by atoms with Crippen molar-refractivity contribution < 1.29 is 18.3 Å². The number of hydrogen-bond donors (Lipinski definition) is 0. The largest absolute Gasteiger partial charge is 0.486 e. The Balaban J connectivity index is 1.67. The highest BCUT2D eigenvalue weighted by molar-refractivity contribution is 5.91. The van der Waals surface area contributed by atoms with Crippen molar-refractivity contribution in [1.82, 2.24) is 29.4 Å². The van der Waals surface area contributed by atoms with Crippen molar-refractivity contribution in [2.45, 2.75) is 32.9 Å². The van der Waals surface area contributed by atoms with E-state index in [1.54, 1.807) is 4.90 Å². The number of amides is 1. The molecule has 1 amide bonds. The van der Waals surface area contributed by atoms with Gasteiger partial charge >= 0.3 is 5.69 Å². The summed E-state index contributed by atoms with van der Waals surface area (Å²) in [6, 6.07) is 5.16. The van der Waals surface area contributed by atoms with Gasteiger partial charge in [0.05, 0.1) is 22.3 Å². The number of halogens is 2. The fourth-order valence-electron chi connectivity index (χ4n) is 5.38. The van der Waals surface area contributed by atoms with Crippen LogP contribution < -0.4 is 15.3 Å². The summed E-state index contributed by atoms with van der Waals surface area (Å²) < 4.78 is 38.2. The SMILES string of the molecule is C=CC(=O)N1CCN(c2nc(=O)n3c4nc(c(F)cc24)-c2c(F)cccc2OCc2ncnc(CC)c2-3)[C@@H](C)C1. The molecule has 1 aromatic carbocycles. The smallest absolute Gasteiger partial charge is 0.355 e. The molecule has 0 N–H and O–H groups in total. The van der Waals surface area contributed by atoms with Gasteiger partial charge in [-0.2, -0.15) is 4.98 Å². The fraction of sp³-hybridized carbons (Fsp3) is 0.286. The number of hydrogen-bond acceptors (Lipinski definition) is 8. The molecule has 3 aromatic heterocycles. The number of pyridine rings is 1. The van der Waals surface area contributed by atoms with E-state index < -0.39 is 17.3 Å². The number of nitrogens with zero attached hydrogens (tertiary/aromatic N) is 7. The molecule has 0 unspecified atom stereocenters. The number of fused-ring (bicyclic) bond motifs is 5. The summed E-state index contributed by atoms with van der Waals surface area (Å²) in [7, 11) is 0. The number of carbonyl (C=O) groups is 1. The van der Waals surface area contributed by atoms with Crippen LogP contribution >= 0.6 is 0 Å². The van der Waals surface area contributed by atoms with E-state index in [0.29, 0.717) is 43.1 Å². The van der Waals surface area contributed by atoms with Crippen LogP contribution in [0, 0.1) is 11.6 Å². The Morgan fingerprint density at radius 3 is 2.77 bits per heavy atom. The van der Waals surface area contributed by atoms with Crippen LogP contribution in [-0.2, 0) is 17.8 Å². The molecule has 4 aromatic rings. The molecular weight excluding hydrogens is 520 g/mol. The van der Waals surface area contributed by atoms with Gasteiger partial charge in [-0.1, -0.05) is 19.6 Å². The average Bonchev–Trinajstić information content (AvgIpc) is 2.95. The topological polar surface area (TPSA) is 106 Å². The summed E-state index contributed by atoms with van der Waals surface area (Å²) in [6.45, 7) is 8.27. The Kier molecular flexibility index (Phi) is 6.24. The lowest BCUT2D eigenvalue weighted by atomic mass is 10.1. The van der Waals surface area contributed by atoms with Gasteiger partial charge in [0.25, 0.3) is 0 Å². The maximum atomic E-state index is 15.8. The molecule has 5 heterocycles. The van der Waals surface area contributed by atoms with Crippen molar-refractivity contribution >= 4 is 22.8 Å². The molecule has 2 aliphatic rings. The maximum Gasteiger partial charge on any atom is 0.355 e. The first-order valence-electron chi connectivity index (χ1n) is 12.9. The predicted octanol–water partition coefficient (Wildman–Crippen LogP) is 3.19. The Labute approximate surface area is 227 Å². The molecule has 1 atom stereocenters. The average molecular weight is 546 g/mol. The Bertz CT molecular complexity index is 1760. The first-order chi connectivity index (χ1) is 19.3. The third-order valence-corrected chi connectivity index (χ3v) is 7.30. The minimum Gasteiger partial charge on any atom is -0.486 e. The molecule has 0 spiro atoms. The van der Waals surface area contributed by atoms with Crippen molar-refractivity contribution in [3.8, 4) is 22.7 Å². The van der Waals surface area contributed by atoms with Gasteiger partial charge in [0.1, 0.15) is 41.7 Å². The van der Waals surface area contributed by atoms with E-state index in [-0.39, 0.29) is 52.4 Å². The Morgan fingerprint density at radius 1 is 1.20 bits per heavy atom. The van der Waals surface area contributed by atoms with Gasteiger partial charge in [-0.05, 0) is 37.6 Å². The van der Waals surface area contributed by atoms with Crippen LogP contribution in [0.1, 0.15) is 25.2 Å². The Morgan fingerprint density at radius 2 is 2.02 bits per heavy atom. The van der Waals surface area contributed by atoms with E-state index in [1.807, 2.05) is 18.7 Å². The number of benzene rings is 1. The van der Waals surface area contributed by atoms with Crippen LogP contribution in [0.2, 0.25) is 0 Å². The highest BCUT2D eigenvalue weighted by Crippen LogP contribution is 2.38. The zero-order chi connectivity index (χ0) is 28.1. The molecule has 2 bridgehead atoms. The highest BCUT2D eigenvalue weighted by Gasteiger charge is 2.31. The van der Waals surface area contributed by atoms with Gasteiger partial charge < -0.3 is 14.5 Å². The van der Waals surface area contributed by atoms with E-state index in [4.69, 9.17) is 4.74 Å². The molecule has 0 aliphatic carbocycles. The predicted molar refractivity (Wildman–Crippen MR) is 143 cm³/mol. The Hall–Kier alpha value is -4.74. The quantitative estimate of drug-likeness (QED) is 0.362. The summed E-state index contributed by atoms with van der Waals surface area (Å²) >= 11 is 0. The summed E-state index contributed by atoms with van der Waals surface area (Å²) in [4.78, 5) is 47.2. The zero-order valence-electron chi connectivity index (χ0n) is 21.9. The maximum absolute atomic E-state index is 15.8. The summed E-state index contributed by atoms with van der Waals surface area (Å²) in [5.74, 6) is -1.40. The lowest BCUT2D eigenvalue weighted by Gasteiger charge is -2.40. The highest BCUT2D eigenvalue weighted by atomic mass is 19.1. The first kappa shape index (κ1) is 25.5. The van der Waals surface area contributed by atoms with Gasteiger partial charge in [0, 0.05) is 25.7 Å². The van der Waals surface area contributed by atoms with Crippen molar-refractivity contribution in [2.24, 2.45) is 0 Å². The molecule has 0 saturated carbocycles. The second-order valence-electron chi connectivity index (χ2n) is 9.65. The third-order valence-electron chi connectivity index (χ3n) is 7.30. The van der Waals surface area contributed by atoms with E-state index in [2.05, 4.69) is 26.5 Å². The minimum absolute atomic E-state index is 0.0880. The standard InChI is InChI=1S/C28H25F2N7O3/c1-4-19-25-20(32-14-31-19)13-40-21-8-6-7-17(29)23(21)24-18(30)11-16-26(34-28(39)37(25)27(16)33-24)36-10-9-35(12-15(36)3)22(38)5-2/h5-8,11,14-15H,2,4,9-10,12-13H2,1,3H3/t15-/m0/s1. The third kappa shape index (κ3) is 3.98. The van der Waals surface area contributed by atoms with Crippen LogP contribution in [0.3, 0.4) is 0 Å². The lowest BCUT2D eigenvalue weighted by Crippen LogP contribution is -2.54. The van der Waals surface area contributed by atoms with Crippen LogP contribution in [0.15, 0.2) is 48.0 Å². The van der Waals surface area contributed by atoms with Crippen molar-refractivity contribution in [2.75, 3.05) is 24.5 Å². The zero-order valence-corrected chi connectivity index (χ0v) is 21.9. The van der Waals surface area contributed by atoms with E-state index in [9.17, 15) is 9.59 Å². The molecule has 6 rings (SSSR count). The van der Waals surface area contributed by atoms with Gasteiger partial charge in [0.2, 0.25) is 5.91 Å². The number of aryl methyl sites for hydroxylation is 1. The number of rotatable bonds is 3. The summed E-state index contributed by atoms with van der Waals surface area (Å²) in [6.07, 6.45) is 3.09. The van der Waals surface area contributed by atoms with E-state index in [1.165, 1.54) is 41.2 Å². The van der Waals surface area contributed by atoms with E-state index >= 15 is 8.78 Å². The molecule has 2 aliphatic heterocycles. The number of anilines is 1. The monoisotopic (exact) mass is 545 g/mol. The molecule has 10 nitrogen and oxygen atoms in total. The van der Waals surface area contributed by atoms with E-state index in [0.717, 1.165) is 0 Å². The van der Waals surface area contributed by atoms with Crippen molar-refractivity contribution in [3.63, 3.8) is 0 Å². The number of piperazine rings is 1. The van der Waals surface area contributed by atoms with Crippen LogP contribution in [-0.4, -0.2) is 61.0 Å². The van der Waals surface area contributed by atoms with Crippen LogP contribution in [0.5, 0.6) is 5.75 Å². The fourth-order valence-corrected chi connectivity index (χ4v) is 5.38.